The van der Waals surface area contributed by atoms with Crippen LogP contribution in [0.3, 0.4) is 0 Å². The van der Waals surface area contributed by atoms with Crippen molar-refractivity contribution in [2.75, 3.05) is 0 Å². The molecule has 188 valence electrons. The minimum absolute atomic E-state index is 0.117. The van der Waals surface area contributed by atoms with E-state index in [1.807, 2.05) is 0 Å². The van der Waals surface area contributed by atoms with E-state index in [0.717, 1.165) is 48.9 Å². The topological polar surface area (TPSA) is 9.23 Å². The van der Waals surface area contributed by atoms with Crippen LogP contribution in [-0.4, -0.2) is 12.3 Å². The van der Waals surface area contributed by atoms with Crippen molar-refractivity contribution in [1.82, 2.24) is 0 Å². The van der Waals surface area contributed by atoms with Gasteiger partial charge in [-0.2, -0.15) is 22.0 Å². The first-order chi connectivity index (χ1) is 16.4. The first-order valence-electron chi connectivity index (χ1n) is 11.7. The van der Waals surface area contributed by atoms with Crippen molar-refractivity contribution >= 4 is 10.8 Å². The van der Waals surface area contributed by atoms with Gasteiger partial charge in [0.25, 0.3) is 0 Å². The van der Waals surface area contributed by atoms with E-state index >= 15 is 0 Å². The van der Waals surface area contributed by atoms with Crippen molar-refractivity contribution in [3.63, 3.8) is 0 Å². The van der Waals surface area contributed by atoms with E-state index in [1.54, 1.807) is 6.08 Å². The maximum atomic E-state index is 14.9. The molecule has 1 saturated carbocycles. The van der Waals surface area contributed by atoms with Gasteiger partial charge in [0.05, 0.1) is 5.56 Å². The van der Waals surface area contributed by atoms with Gasteiger partial charge in [0, 0.05) is 16.9 Å². The van der Waals surface area contributed by atoms with Crippen LogP contribution >= 0.6 is 0 Å². The fraction of sp³-hybridized carbons (Fsp3) is 0.481. The Hall–Kier alpha value is -2.69. The molecule has 0 bridgehead atoms. The summed E-state index contributed by atoms with van der Waals surface area (Å²) in [5, 5.41) is -0.384. The van der Waals surface area contributed by atoms with E-state index in [1.165, 1.54) is 18.8 Å². The zero-order valence-corrected chi connectivity index (χ0v) is 19.1. The Kier molecular flexibility index (Phi) is 7.08. The second-order valence-electron chi connectivity index (χ2n) is 9.58. The molecule has 2 aromatic rings. The van der Waals surface area contributed by atoms with Gasteiger partial charge in [-0.25, -0.2) is 8.78 Å². The van der Waals surface area contributed by atoms with Gasteiger partial charge >= 0.3 is 12.3 Å². The lowest BCUT2D eigenvalue weighted by molar-refractivity contribution is -0.145. The summed E-state index contributed by atoms with van der Waals surface area (Å²) >= 11 is 0. The fourth-order valence-corrected chi connectivity index (χ4v) is 5.14. The summed E-state index contributed by atoms with van der Waals surface area (Å²) in [6.45, 7) is 2.24. The summed E-state index contributed by atoms with van der Waals surface area (Å²) in [5.74, 6) is 1.04. The van der Waals surface area contributed by atoms with Crippen molar-refractivity contribution in [3.05, 3.63) is 53.1 Å². The number of hydrogen-bond acceptors (Lipinski definition) is 1. The Bertz CT molecular complexity index is 1180. The largest absolute Gasteiger partial charge is 0.458 e. The lowest BCUT2D eigenvalue weighted by atomic mass is 9.72. The molecule has 35 heavy (non-hydrogen) atoms. The van der Waals surface area contributed by atoms with Crippen LogP contribution in [0.5, 0.6) is 5.75 Å². The Labute approximate surface area is 199 Å². The Balaban J connectivity index is 1.50. The normalized spacial score (nSPS) is 23.4. The summed E-state index contributed by atoms with van der Waals surface area (Å²) < 4.78 is 100. The third-order valence-electron chi connectivity index (χ3n) is 7.13. The predicted molar refractivity (Wildman–Crippen MR) is 119 cm³/mol. The highest BCUT2D eigenvalue weighted by Gasteiger charge is 2.40. The minimum Gasteiger partial charge on any atom is -0.429 e. The highest BCUT2D eigenvalue weighted by Crippen LogP contribution is 2.43. The van der Waals surface area contributed by atoms with Gasteiger partial charge in [-0.3, -0.25) is 0 Å². The van der Waals surface area contributed by atoms with E-state index < -0.39 is 29.5 Å². The number of ether oxygens (including phenoxy) is 1. The molecule has 1 fully saturated rings. The van der Waals surface area contributed by atoms with Crippen LogP contribution in [0.1, 0.15) is 57.4 Å². The molecule has 1 atom stereocenters. The summed E-state index contributed by atoms with van der Waals surface area (Å²) in [6.07, 6.45) is -0.879. The van der Waals surface area contributed by atoms with Crippen molar-refractivity contribution < 1.29 is 35.5 Å². The highest BCUT2D eigenvalue weighted by atomic mass is 19.4. The first-order valence-corrected chi connectivity index (χ1v) is 11.7. The maximum Gasteiger partial charge on any atom is 0.458 e. The van der Waals surface area contributed by atoms with Crippen LogP contribution in [0.25, 0.3) is 10.8 Å². The lowest BCUT2D eigenvalue weighted by Gasteiger charge is -2.35. The van der Waals surface area contributed by atoms with E-state index in [0.29, 0.717) is 24.7 Å². The molecule has 0 saturated heterocycles. The van der Waals surface area contributed by atoms with Gasteiger partial charge in [-0.15, -0.1) is 0 Å². The number of alkyl halides is 5. The average molecular weight is 498 g/mol. The van der Waals surface area contributed by atoms with Crippen molar-refractivity contribution in [2.24, 2.45) is 17.8 Å². The van der Waals surface area contributed by atoms with Crippen molar-refractivity contribution in [2.45, 2.75) is 64.2 Å². The highest BCUT2D eigenvalue weighted by molar-refractivity contribution is 5.86. The van der Waals surface area contributed by atoms with Crippen LogP contribution in [0.15, 0.2) is 35.9 Å². The SMILES string of the molecule is CC1CCC(C2CC=C(C(F)(F)Oc3ccc4c(F)c(C#CC(F)(F)F)c(F)cc4c3)CC2)CC1. The van der Waals surface area contributed by atoms with E-state index in [-0.39, 0.29) is 28.5 Å². The number of hydrogen-bond donors (Lipinski definition) is 0. The molecule has 8 heteroatoms. The summed E-state index contributed by atoms with van der Waals surface area (Å²) in [4.78, 5) is 0. The quantitative estimate of drug-likeness (QED) is 0.233. The third kappa shape index (κ3) is 5.94. The smallest absolute Gasteiger partial charge is 0.429 e. The van der Waals surface area contributed by atoms with Crippen molar-refractivity contribution in [3.8, 4) is 17.6 Å². The van der Waals surface area contributed by atoms with E-state index in [4.69, 9.17) is 4.74 Å². The maximum absolute atomic E-state index is 14.9. The molecular weight excluding hydrogens is 473 g/mol. The van der Waals surface area contributed by atoms with Crippen LogP contribution < -0.4 is 4.74 Å². The van der Waals surface area contributed by atoms with Crippen LogP contribution in [-0.2, 0) is 0 Å². The second-order valence-corrected chi connectivity index (χ2v) is 9.58. The van der Waals surface area contributed by atoms with Gasteiger partial charge in [-0.05, 0) is 79.5 Å². The summed E-state index contributed by atoms with van der Waals surface area (Å²) in [5.41, 5.74) is -1.16. The molecular formula is C27H25F7O. The van der Waals surface area contributed by atoms with E-state index in [2.05, 4.69) is 6.92 Å². The summed E-state index contributed by atoms with van der Waals surface area (Å²) in [6, 6.07) is 3.92. The van der Waals surface area contributed by atoms with Gasteiger partial charge in [0.15, 0.2) is 0 Å². The van der Waals surface area contributed by atoms with Crippen LogP contribution in [0.2, 0.25) is 0 Å². The molecule has 0 heterocycles. The molecule has 0 radical (unpaired) electrons. The van der Waals surface area contributed by atoms with Crippen LogP contribution in [0, 0.1) is 41.2 Å². The van der Waals surface area contributed by atoms with E-state index in [9.17, 15) is 30.7 Å². The van der Waals surface area contributed by atoms with Gasteiger partial charge in [0.2, 0.25) is 0 Å². The second kappa shape index (κ2) is 9.75. The standard InChI is InChI=1S/C27H25F7O/c1-16-2-4-17(5-3-16)18-6-8-20(9-7-18)27(33,34)35-21-10-11-22-19(14-21)15-24(28)23(25(22)29)12-13-26(30,31)32/h8,10-11,14-18H,2-7,9H2,1H3. The first kappa shape index (κ1) is 25.4. The Morgan fingerprint density at radius 2 is 1.63 bits per heavy atom. The predicted octanol–water partition coefficient (Wildman–Crippen LogP) is 8.56. The molecule has 2 aliphatic rings. The molecule has 0 aliphatic heterocycles. The molecule has 0 N–H and O–H groups in total. The van der Waals surface area contributed by atoms with Crippen LogP contribution in [0.4, 0.5) is 30.7 Å². The third-order valence-corrected chi connectivity index (χ3v) is 7.13. The average Bonchev–Trinajstić information content (AvgIpc) is 2.78. The number of allylic oxidation sites excluding steroid dienone is 1. The zero-order valence-electron chi connectivity index (χ0n) is 19.1. The van der Waals surface area contributed by atoms with Gasteiger partial charge in [-0.1, -0.05) is 31.8 Å². The molecule has 0 amide bonds. The van der Waals surface area contributed by atoms with Gasteiger partial charge in [0.1, 0.15) is 17.4 Å². The zero-order chi connectivity index (χ0) is 25.4. The number of fused-ring (bicyclic) bond motifs is 1. The molecule has 2 aromatic carbocycles. The molecule has 1 unspecified atom stereocenters. The molecule has 0 aromatic heterocycles. The minimum atomic E-state index is -4.92. The monoisotopic (exact) mass is 498 g/mol. The summed E-state index contributed by atoms with van der Waals surface area (Å²) in [7, 11) is 0. The van der Waals surface area contributed by atoms with Crippen molar-refractivity contribution in [1.29, 1.82) is 0 Å². The Morgan fingerprint density at radius 3 is 2.26 bits per heavy atom. The Morgan fingerprint density at radius 1 is 0.914 bits per heavy atom. The number of halogens is 7. The molecule has 4 rings (SSSR count). The number of rotatable bonds is 4. The fourth-order valence-electron chi connectivity index (χ4n) is 5.14. The van der Waals surface area contributed by atoms with Gasteiger partial charge < -0.3 is 4.74 Å². The molecule has 1 nitrogen and oxygen atoms in total. The number of benzene rings is 2. The molecule has 0 spiro atoms. The lowest BCUT2D eigenvalue weighted by Crippen LogP contribution is -2.31. The molecule has 2 aliphatic carbocycles.